The number of carboxylic acid groups (broad SMARTS) is 1. The minimum Gasteiger partial charge on any atom is -0.480 e. The fraction of sp³-hybridized carbons (Fsp3) is 0.733. The van der Waals surface area contributed by atoms with Crippen LogP contribution in [0.1, 0.15) is 32.6 Å². The zero-order chi connectivity index (χ0) is 15.4. The van der Waals surface area contributed by atoms with Crippen molar-refractivity contribution in [2.24, 2.45) is 0 Å². The Kier molecular flexibility index (Phi) is 5.07. The molecule has 2 rings (SSSR count). The average Bonchev–Trinajstić information content (AvgIpc) is 2.96. The van der Waals surface area contributed by atoms with Gasteiger partial charge < -0.3 is 15.3 Å². The van der Waals surface area contributed by atoms with E-state index in [9.17, 15) is 14.7 Å². The molecule has 0 aliphatic carbocycles. The van der Waals surface area contributed by atoms with Gasteiger partial charge in [-0.25, -0.2) is 4.79 Å². The monoisotopic (exact) mass is 293 g/mol. The summed E-state index contributed by atoms with van der Waals surface area (Å²) >= 11 is 0. The third kappa shape index (κ3) is 3.67. The summed E-state index contributed by atoms with van der Waals surface area (Å²) in [6.07, 6.45) is 8.57. The third-order valence-corrected chi connectivity index (χ3v) is 4.39. The van der Waals surface area contributed by atoms with Gasteiger partial charge in [-0.3, -0.25) is 9.69 Å². The van der Waals surface area contributed by atoms with Gasteiger partial charge in [0.15, 0.2) is 0 Å². The number of urea groups is 1. The highest BCUT2D eigenvalue weighted by Gasteiger charge is 2.37. The molecule has 0 aromatic heterocycles. The summed E-state index contributed by atoms with van der Waals surface area (Å²) in [5.74, 6) is 1.75. The van der Waals surface area contributed by atoms with Gasteiger partial charge in [0.25, 0.3) is 0 Å². The highest BCUT2D eigenvalue weighted by molar-refractivity contribution is 5.75. The summed E-state index contributed by atoms with van der Waals surface area (Å²) in [5, 5.41) is 12.0. The van der Waals surface area contributed by atoms with E-state index < -0.39 is 5.97 Å². The van der Waals surface area contributed by atoms with Gasteiger partial charge in [-0.2, -0.15) is 0 Å². The predicted octanol–water partition coefficient (Wildman–Crippen LogP) is 0.731. The summed E-state index contributed by atoms with van der Waals surface area (Å²) in [4.78, 5) is 27.1. The molecule has 2 aliphatic heterocycles. The molecule has 2 atom stereocenters. The molecule has 0 bridgehead atoms. The van der Waals surface area contributed by atoms with Crippen LogP contribution in [-0.2, 0) is 4.79 Å². The highest BCUT2D eigenvalue weighted by atomic mass is 16.4. The van der Waals surface area contributed by atoms with E-state index in [0.29, 0.717) is 13.1 Å². The van der Waals surface area contributed by atoms with Crippen molar-refractivity contribution in [1.82, 2.24) is 15.1 Å². The normalized spacial score (nSPS) is 25.3. The number of carbonyl (C=O) groups excluding carboxylic acids is 1. The number of hydrogen-bond donors (Lipinski definition) is 2. The number of carboxylic acids is 1. The Morgan fingerprint density at radius 2 is 1.95 bits per heavy atom. The van der Waals surface area contributed by atoms with Crippen molar-refractivity contribution in [3.63, 3.8) is 0 Å². The lowest BCUT2D eigenvalue weighted by molar-refractivity contribution is -0.143. The zero-order valence-corrected chi connectivity index (χ0v) is 12.4. The van der Waals surface area contributed by atoms with E-state index in [1.165, 1.54) is 0 Å². The minimum atomic E-state index is -0.726. The van der Waals surface area contributed by atoms with E-state index in [1.54, 1.807) is 11.8 Å². The molecule has 6 heteroatoms. The van der Waals surface area contributed by atoms with Gasteiger partial charge in [0.2, 0.25) is 0 Å². The number of rotatable bonds is 3. The fourth-order valence-electron chi connectivity index (χ4n) is 3.21. The number of hydrogen-bond acceptors (Lipinski definition) is 3. The van der Waals surface area contributed by atoms with E-state index in [0.717, 1.165) is 32.2 Å². The zero-order valence-electron chi connectivity index (χ0n) is 12.4. The van der Waals surface area contributed by atoms with Gasteiger partial charge in [-0.05, 0) is 39.2 Å². The summed E-state index contributed by atoms with van der Waals surface area (Å²) in [7, 11) is 0. The first-order valence-electron chi connectivity index (χ1n) is 7.53. The average molecular weight is 293 g/mol. The fourth-order valence-corrected chi connectivity index (χ4v) is 3.21. The van der Waals surface area contributed by atoms with Gasteiger partial charge in [0.05, 0.1) is 6.04 Å². The van der Waals surface area contributed by atoms with Crippen LogP contribution in [0.4, 0.5) is 4.79 Å². The molecular formula is C15H23N3O3. The first kappa shape index (κ1) is 15.6. The SMILES string of the molecule is C#CC(C)NC(=O)N1CCC(N2CCCC2C(=O)O)CC1. The number of nitrogens with one attached hydrogen (secondary N) is 1. The van der Waals surface area contributed by atoms with Crippen molar-refractivity contribution in [1.29, 1.82) is 0 Å². The third-order valence-electron chi connectivity index (χ3n) is 4.39. The maximum absolute atomic E-state index is 12.0. The summed E-state index contributed by atoms with van der Waals surface area (Å²) in [6.45, 7) is 3.92. The molecular weight excluding hydrogens is 270 g/mol. The predicted molar refractivity (Wildman–Crippen MR) is 78.8 cm³/mol. The second-order valence-corrected chi connectivity index (χ2v) is 5.79. The number of likely N-dealkylation sites (tertiary alicyclic amines) is 2. The Hall–Kier alpha value is -1.74. The number of nitrogens with zero attached hydrogens (tertiary/aromatic N) is 2. The molecule has 6 nitrogen and oxygen atoms in total. The van der Waals surface area contributed by atoms with Crippen molar-refractivity contribution in [2.45, 2.75) is 50.7 Å². The molecule has 2 saturated heterocycles. The van der Waals surface area contributed by atoms with Gasteiger partial charge in [-0.15, -0.1) is 6.42 Å². The second kappa shape index (κ2) is 6.81. The molecule has 21 heavy (non-hydrogen) atoms. The Bertz CT molecular complexity index is 438. The number of amides is 2. The molecule has 2 aliphatic rings. The first-order valence-corrected chi connectivity index (χ1v) is 7.53. The van der Waals surface area contributed by atoms with Crippen molar-refractivity contribution in [3.8, 4) is 12.3 Å². The lowest BCUT2D eigenvalue weighted by Crippen LogP contribution is -2.52. The van der Waals surface area contributed by atoms with Gasteiger partial charge in [0.1, 0.15) is 6.04 Å². The van der Waals surface area contributed by atoms with E-state index in [1.807, 2.05) is 0 Å². The Morgan fingerprint density at radius 3 is 2.52 bits per heavy atom. The van der Waals surface area contributed by atoms with Gasteiger partial charge in [-0.1, -0.05) is 5.92 Å². The molecule has 2 amide bonds. The number of aliphatic carboxylic acids is 1. The second-order valence-electron chi connectivity index (χ2n) is 5.79. The topological polar surface area (TPSA) is 72.9 Å². The van der Waals surface area contributed by atoms with E-state index in [4.69, 9.17) is 6.42 Å². The van der Waals surface area contributed by atoms with Crippen molar-refractivity contribution < 1.29 is 14.7 Å². The summed E-state index contributed by atoms with van der Waals surface area (Å²) in [6, 6.07) is -0.486. The van der Waals surface area contributed by atoms with Crippen LogP contribution in [0.15, 0.2) is 0 Å². The lowest BCUT2D eigenvalue weighted by Gasteiger charge is -2.38. The van der Waals surface area contributed by atoms with Crippen LogP contribution in [0.25, 0.3) is 0 Å². The minimum absolute atomic E-state index is 0.130. The van der Waals surface area contributed by atoms with Crippen molar-refractivity contribution in [3.05, 3.63) is 0 Å². The Balaban J connectivity index is 1.84. The van der Waals surface area contributed by atoms with Crippen LogP contribution >= 0.6 is 0 Å². The lowest BCUT2D eigenvalue weighted by atomic mass is 10.0. The van der Waals surface area contributed by atoms with Crippen LogP contribution in [0, 0.1) is 12.3 Å². The molecule has 0 aromatic carbocycles. The van der Waals surface area contributed by atoms with Crippen LogP contribution in [0.2, 0.25) is 0 Å². The number of carbonyl (C=O) groups is 2. The number of piperidine rings is 1. The Labute approximate surface area is 125 Å². The molecule has 2 N–H and O–H groups in total. The molecule has 2 fully saturated rings. The van der Waals surface area contributed by atoms with Crippen LogP contribution in [0.3, 0.4) is 0 Å². The molecule has 0 saturated carbocycles. The van der Waals surface area contributed by atoms with E-state index >= 15 is 0 Å². The quantitative estimate of drug-likeness (QED) is 0.753. The molecule has 116 valence electrons. The van der Waals surface area contributed by atoms with Crippen molar-refractivity contribution in [2.75, 3.05) is 19.6 Å². The van der Waals surface area contributed by atoms with E-state index in [-0.39, 0.29) is 24.2 Å². The maximum atomic E-state index is 12.0. The first-order chi connectivity index (χ1) is 10.0. The van der Waals surface area contributed by atoms with Gasteiger partial charge in [0, 0.05) is 19.1 Å². The van der Waals surface area contributed by atoms with Crippen molar-refractivity contribution >= 4 is 12.0 Å². The smallest absolute Gasteiger partial charge is 0.320 e. The molecule has 0 radical (unpaired) electrons. The molecule has 0 aromatic rings. The van der Waals surface area contributed by atoms with Crippen LogP contribution in [-0.4, -0.2) is 64.7 Å². The van der Waals surface area contributed by atoms with Crippen LogP contribution < -0.4 is 5.32 Å². The maximum Gasteiger partial charge on any atom is 0.320 e. The molecule has 2 heterocycles. The summed E-state index contributed by atoms with van der Waals surface area (Å²) in [5.41, 5.74) is 0. The highest BCUT2D eigenvalue weighted by Crippen LogP contribution is 2.26. The molecule has 2 unspecified atom stereocenters. The largest absolute Gasteiger partial charge is 0.480 e. The van der Waals surface area contributed by atoms with Crippen LogP contribution in [0.5, 0.6) is 0 Å². The summed E-state index contributed by atoms with van der Waals surface area (Å²) < 4.78 is 0. The Morgan fingerprint density at radius 1 is 1.29 bits per heavy atom. The van der Waals surface area contributed by atoms with Gasteiger partial charge >= 0.3 is 12.0 Å². The van der Waals surface area contributed by atoms with E-state index in [2.05, 4.69) is 16.1 Å². The standard InChI is InChI=1S/C15H23N3O3/c1-3-11(2)16-15(21)17-9-6-12(7-10-17)18-8-4-5-13(18)14(19)20/h1,11-13H,4-10H2,2H3,(H,16,21)(H,19,20). The number of terminal acetylenes is 1. The molecule has 0 spiro atoms.